The maximum Gasteiger partial charge on any atom is 0.364 e. The van der Waals surface area contributed by atoms with E-state index in [1.807, 2.05) is 0 Å². The molecule has 2 amide bonds. The summed E-state index contributed by atoms with van der Waals surface area (Å²) in [4.78, 5) is 38.6. The minimum atomic E-state index is -3.08. The van der Waals surface area contributed by atoms with Gasteiger partial charge in [0.25, 0.3) is 5.79 Å². The van der Waals surface area contributed by atoms with Crippen LogP contribution < -0.4 is 10.6 Å². The maximum atomic E-state index is 13.5. The molecular formula is C80H152N2O21. The topological polar surface area (TPSA) is 373 Å². The molecule has 103 heavy (non-hydrogen) atoms. The van der Waals surface area contributed by atoms with Gasteiger partial charge in [-0.05, 0) is 12.8 Å². The average molecular weight is 1480 g/mol. The number of amides is 2. The highest BCUT2D eigenvalue weighted by atomic mass is 16.8. The summed E-state index contributed by atoms with van der Waals surface area (Å²) in [6, 6.07) is -2.52. The number of hydrogen-bond acceptors (Lipinski definition) is 20. The summed E-state index contributed by atoms with van der Waals surface area (Å²) >= 11 is 0. The van der Waals surface area contributed by atoms with Gasteiger partial charge in [-0.2, -0.15) is 0 Å². The zero-order valence-electron chi connectivity index (χ0n) is 64.5. The van der Waals surface area contributed by atoms with E-state index >= 15 is 0 Å². The monoisotopic (exact) mass is 1480 g/mol. The third-order valence-corrected chi connectivity index (χ3v) is 21.6. The summed E-state index contributed by atoms with van der Waals surface area (Å²) in [5.41, 5.74) is 0. The number of aliphatic carboxylic acids is 1. The maximum absolute atomic E-state index is 13.5. The lowest BCUT2D eigenvalue weighted by Crippen LogP contribution is -2.70. The van der Waals surface area contributed by atoms with Crippen molar-refractivity contribution in [3.8, 4) is 0 Å². The first-order valence-electron chi connectivity index (χ1n) is 41.9. The van der Waals surface area contributed by atoms with Gasteiger partial charge in [-0.3, -0.25) is 9.59 Å². The van der Waals surface area contributed by atoms with Crippen LogP contribution in [0.4, 0.5) is 0 Å². The molecule has 608 valence electrons. The predicted octanol–water partition coefficient (Wildman–Crippen LogP) is 11.6. The van der Waals surface area contributed by atoms with Crippen molar-refractivity contribution >= 4 is 17.8 Å². The smallest absolute Gasteiger partial charge is 0.364 e. The van der Waals surface area contributed by atoms with Gasteiger partial charge in [0.15, 0.2) is 12.6 Å². The Morgan fingerprint density at radius 1 is 0.466 bits per heavy atom. The lowest BCUT2D eigenvalue weighted by Gasteiger charge is -2.50. The highest BCUT2D eigenvalue weighted by Crippen LogP contribution is 2.39. The largest absolute Gasteiger partial charge is 0.477 e. The summed E-state index contributed by atoms with van der Waals surface area (Å²) in [5, 5.41) is 136. The Kier molecular flexibility index (Phi) is 54.9. The molecule has 14 N–H and O–H groups in total. The second-order valence-electron chi connectivity index (χ2n) is 30.7. The molecule has 0 aliphatic carbocycles. The van der Waals surface area contributed by atoms with Crippen molar-refractivity contribution in [2.75, 3.05) is 26.4 Å². The van der Waals surface area contributed by atoms with Crippen LogP contribution in [-0.4, -0.2) is 215 Å². The van der Waals surface area contributed by atoms with Gasteiger partial charge < -0.3 is 100 Å². The Labute approximate surface area is 620 Å². The van der Waals surface area contributed by atoms with Gasteiger partial charge in [0.2, 0.25) is 11.8 Å². The number of ether oxygens (including phenoxy) is 6. The summed E-state index contributed by atoms with van der Waals surface area (Å²) in [7, 11) is 0. The van der Waals surface area contributed by atoms with E-state index in [-0.39, 0.29) is 18.9 Å². The quantitative estimate of drug-likeness (QED) is 0.0252. The third-order valence-electron chi connectivity index (χ3n) is 21.6. The van der Waals surface area contributed by atoms with Crippen LogP contribution in [0.1, 0.15) is 355 Å². The summed E-state index contributed by atoms with van der Waals surface area (Å²) < 4.78 is 34.9. The Morgan fingerprint density at radius 2 is 0.845 bits per heavy atom. The molecule has 3 saturated heterocycles. The normalized spacial score (nSPS) is 26.4. The van der Waals surface area contributed by atoms with Crippen molar-refractivity contribution in [1.29, 1.82) is 0 Å². The van der Waals surface area contributed by atoms with E-state index < -0.39 is 148 Å². The highest BCUT2D eigenvalue weighted by molar-refractivity contribution is 5.77. The molecule has 3 rings (SSSR count). The van der Waals surface area contributed by atoms with Gasteiger partial charge in [-0.25, -0.2) is 4.79 Å². The van der Waals surface area contributed by atoms with Crippen molar-refractivity contribution in [3.63, 3.8) is 0 Å². The minimum Gasteiger partial charge on any atom is -0.477 e. The van der Waals surface area contributed by atoms with Crippen LogP contribution >= 0.6 is 0 Å². The van der Waals surface area contributed by atoms with Crippen LogP contribution in [0.2, 0.25) is 0 Å². The van der Waals surface area contributed by atoms with Crippen molar-refractivity contribution in [2.24, 2.45) is 0 Å². The SMILES string of the molecule is CCCCCCCCCCCCCCCCCCCCCCCCCCCCCCCCCCCCCCCC(=O)NC(COC1OC(CO)C(OC2OC(CO)C(O)C(OC3(C(=O)O)CC(O)C(NC(C)=O)C(C(O)C(O)CO)O3)C2O)C(O)C1O)C(O)CCCCCCCCCCCCCC. The molecule has 0 radical (unpaired) electrons. The van der Waals surface area contributed by atoms with Gasteiger partial charge in [0.1, 0.15) is 67.1 Å². The van der Waals surface area contributed by atoms with E-state index in [0.717, 1.165) is 51.9 Å². The van der Waals surface area contributed by atoms with Crippen LogP contribution in [0.25, 0.3) is 0 Å². The molecule has 0 bridgehead atoms. The molecule has 23 nitrogen and oxygen atoms in total. The predicted molar refractivity (Wildman–Crippen MR) is 399 cm³/mol. The molecule has 0 saturated carbocycles. The van der Waals surface area contributed by atoms with Crippen molar-refractivity contribution in [1.82, 2.24) is 10.6 Å². The molecule has 3 aliphatic heterocycles. The van der Waals surface area contributed by atoms with E-state index in [2.05, 4.69) is 24.5 Å². The molecule has 18 atom stereocenters. The number of carboxylic acids is 1. The second-order valence-corrected chi connectivity index (χ2v) is 30.7. The lowest BCUT2D eigenvalue weighted by molar-refractivity contribution is -0.386. The first-order chi connectivity index (χ1) is 49.9. The van der Waals surface area contributed by atoms with Crippen LogP contribution in [-0.2, 0) is 42.8 Å². The fourth-order valence-electron chi connectivity index (χ4n) is 15.0. The number of unbranched alkanes of at least 4 members (excludes halogenated alkanes) is 47. The van der Waals surface area contributed by atoms with Crippen LogP contribution in [0.15, 0.2) is 0 Å². The summed E-state index contributed by atoms with van der Waals surface area (Å²) in [5.74, 6) is -6.09. The molecule has 0 spiro atoms. The van der Waals surface area contributed by atoms with E-state index in [4.69, 9.17) is 28.4 Å². The van der Waals surface area contributed by atoms with Crippen molar-refractivity contribution < 1.29 is 104 Å². The molecular weight excluding hydrogens is 1320 g/mol. The summed E-state index contributed by atoms with van der Waals surface area (Å²) in [6.07, 6.45) is 34.4. The molecule has 3 fully saturated rings. The van der Waals surface area contributed by atoms with Gasteiger partial charge in [0, 0.05) is 19.8 Å². The Morgan fingerprint density at radius 3 is 1.21 bits per heavy atom. The number of aliphatic hydroxyl groups excluding tert-OH is 11. The van der Waals surface area contributed by atoms with Crippen LogP contribution in [0.5, 0.6) is 0 Å². The van der Waals surface area contributed by atoms with E-state index in [9.17, 15) is 75.7 Å². The standard InChI is InChI=1S/C80H152N2O21/c1-4-6-8-10-12-14-16-18-19-20-21-22-23-24-25-26-27-28-29-30-31-32-33-34-35-36-37-38-39-40-41-42-44-46-48-50-52-54-67(90)82-61(62(87)53-51-49-47-45-43-17-15-13-11-9-7-5-2)59-98-77-72(94)71(93)74(66(58-85)100-77)101-78-73(95)76(70(92)65(57-84)99-78)103-80(79(96)97)55-63(88)68(81-60(3)86)75(102-80)69(91)64(89)56-83/h61-66,68-78,83-85,87-89,91-95H,4-59H2,1-3H3,(H,81,86)(H,82,90)(H,96,97). The molecule has 0 aromatic rings. The molecule has 18 unspecified atom stereocenters. The first kappa shape index (κ1) is 94.9. The van der Waals surface area contributed by atoms with Crippen molar-refractivity contribution in [2.45, 2.75) is 464 Å². The lowest BCUT2D eigenvalue weighted by atomic mass is 9.88. The van der Waals surface area contributed by atoms with Gasteiger partial charge >= 0.3 is 5.97 Å². The number of hydrogen-bond donors (Lipinski definition) is 14. The molecule has 0 aromatic heterocycles. The number of aliphatic hydroxyl groups is 11. The number of nitrogens with one attached hydrogen (secondary N) is 2. The Bertz CT molecular complexity index is 2050. The first-order valence-corrected chi connectivity index (χ1v) is 41.9. The Hall–Kier alpha value is -2.27. The number of rotatable bonds is 67. The molecule has 3 aliphatic rings. The van der Waals surface area contributed by atoms with Gasteiger partial charge in [-0.15, -0.1) is 0 Å². The van der Waals surface area contributed by atoms with E-state index in [1.54, 1.807) is 0 Å². The average Bonchev–Trinajstić information content (AvgIpc) is 0.757. The summed E-state index contributed by atoms with van der Waals surface area (Å²) in [6.45, 7) is 2.24. The number of carboxylic acid groups (broad SMARTS) is 1. The number of carbonyl (C=O) groups excluding carboxylic acids is 2. The van der Waals surface area contributed by atoms with E-state index in [1.165, 1.54) is 257 Å². The Balaban J connectivity index is 1.38. The minimum absolute atomic E-state index is 0.229. The number of carbonyl (C=O) groups is 3. The van der Waals surface area contributed by atoms with Gasteiger partial charge in [-0.1, -0.05) is 322 Å². The molecule has 0 aromatic carbocycles. The zero-order chi connectivity index (χ0) is 75.3. The molecule has 3 heterocycles. The van der Waals surface area contributed by atoms with Crippen LogP contribution in [0.3, 0.4) is 0 Å². The van der Waals surface area contributed by atoms with Crippen LogP contribution in [0, 0.1) is 0 Å². The highest BCUT2D eigenvalue weighted by Gasteiger charge is 2.60. The molecule has 23 heteroatoms. The third kappa shape index (κ3) is 39.8. The second kappa shape index (κ2) is 59.6. The fourth-order valence-corrected chi connectivity index (χ4v) is 15.0. The zero-order valence-corrected chi connectivity index (χ0v) is 64.5. The van der Waals surface area contributed by atoms with E-state index in [0.29, 0.717) is 19.3 Å². The van der Waals surface area contributed by atoms with Crippen molar-refractivity contribution in [3.05, 3.63) is 0 Å². The van der Waals surface area contributed by atoms with Gasteiger partial charge in [0.05, 0.1) is 50.7 Å². The fraction of sp³-hybridized carbons (Fsp3) is 0.963.